The normalized spacial score (nSPS) is 14.7. The molecule has 0 aromatic carbocycles. The van der Waals surface area contributed by atoms with E-state index < -0.39 is 23.2 Å². The Labute approximate surface area is 118 Å². The Kier molecular flexibility index (Phi) is 5.41. The van der Waals surface area contributed by atoms with Gasteiger partial charge in [0.2, 0.25) is 0 Å². The maximum Gasteiger partial charge on any atom is 0.417 e. The zero-order chi connectivity index (χ0) is 15.4. The van der Waals surface area contributed by atoms with Gasteiger partial charge in [0, 0.05) is 11.9 Å². The standard InChI is InChI=1S/C12H15F3N2O2S/c1-3-19-10(18)11(2,16)7-20-9-5-4-8(6-17-9)12(13,14)15/h4-6H,3,7,16H2,1-2H3. The number of esters is 1. The summed E-state index contributed by atoms with van der Waals surface area (Å²) in [5.41, 5.74) is 3.76. The van der Waals surface area contributed by atoms with E-state index in [1.165, 1.54) is 13.0 Å². The molecule has 0 aliphatic heterocycles. The number of carbonyl (C=O) groups excluding carboxylic acids is 1. The van der Waals surface area contributed by atoms with Crippen molar-refractivity contribution in [1.82, 2.24) is 4.98 Å². The average Bonchev–Trinajstić information content (AvgIpc) is 2.36. The van der Waals surface area contributed by atoms with E-state index in [0.29, 0.717) is 5.03 Å². The van der Waals surface area contributed by atoms with Crippen molar-refractivity contribution < 1.29 is 22.7 Å². The van der Waals surface area contributed by atoms with Gasteiger partial charge in [0.15, 0.2) is 0 Å². The lowest BCUT2D eigenvalue weighted by molar-refractivity contribution is -0.148. The monoisotopic (exact) mass is 308 g/mol. The summed E-state index contributed by atoms with van der Waals surface area (Å²) in [6.07, 6.45) is -3.66. The summed E-state index contributed by atoms with van der Waals surface area (Å²) in [5.74, 6) is -0.399. The molecule has 0 fully saturated rings. The van der Waals surface area contributed by atoms with Gasteiger partial charge >= 0.3 is 12.1 Å². The largest absolute Gasteiger partial charge is 0.465 e. The number of nitrogens with two attached hydrogens (primary N) is 1. The van der Waals surface area contributed by atoms with E-state index >= 15 is 0 Å². The van der Waals surface area contributed by atoms with E-state index in [4.69, 9.17) is 10.5 Å². The zero-order valence-corrected chi connectivity index (χ0v) is 11.8. The van der Waals surface area contributed by atoms with Gasteiger partial charge in [-0.05, 0) is 26.0 Å². The van der Waals surface area contributed by atoms with Gasteiger partial charge in [0.25, 0.3) is 0 Å². The van der Waals surface area contributed by atoms with Crippen LogP contribution in [0.2, 0.25) is 0 Å². The predicted octanol–water partition coefficient (Wildman–Crippen LogP) is 2.47. The Hall–Kier alpha value is -1.28. The molecule has 0 saturated carbocycles. The first-order valence-corrected chi connectivity index (χ1v) is 6.77. The fourth-order valence-corrected chi connectivity index (χ4v) is 2.07. The number of nitrogens with zero attached hydrogens (tertiary/aromatic N) is 1. The molecule has 8 heteroatoms. The lowest BCUT2D eigenvalue weighted by Crippen LogP contribution is -2.48. The number of alkyl halides is 3. The first-order chi connectivity index (χ1) is 9.16. The molecular formula is C12H15F3N2O2S. The Balaban J connectivity index is 2.64. The molecule has 112 valence electrons. The second-order valence-electron chi connectivity index (χ2n) is 4.31. The molecule has 0 saturated heterocycles. The van der Waals surface area contributed by atoms with E-state index in [-0.39, 0.29) is 12.4 Å². The first-order valence-electron chi connectivity index (χ1n) is 5.79. The number of rotatable bonds is 5. The van der Waals surface area contributed by atoms with Crippen LogP contribution >= 0.6 is 11.8 Å². The van der Waals surface area contributed by atoms with Crippen molar-refractivity contribution in [3.05, 3.63) is 23.9 Å². The molecule has 0 amide bonds. The van der Waals surface area contributed by atoms with Crippen molar-refractivity contribution >= 4 is 17.7 Å². The molecule has 1 atom stereocenters. The number of hydrogen-bond donors (Lipinski definition) is 1. The highest BCUT2D eigenvalue weighted by molar-refractivity contribution is 7.99. The number of halogens is 3. The number of hydrogen-bond acceptors (Lipinski definition) is 5. The van der Waals surface area contributed by atoms with Crippen LogP contribution in [0, 0.1) is 0 Å². The second kappa shape index (κ2) is 6.45. The molecule has 4 nitrogen and oxygen atoms in total. The third-order valence-corrected chi connectivity index (χ3v) is 3.61. The minimum atomic E-state index is -4.41. The number of pyridine rings is 1. The fraction of sp³-hybridized carbons (Fsp3) is 0.500. The Morgan fingerprint density at radius 1 is 1.45 bits per heavy atom. The van der Waals surface area contributed by atoms with E-state index in [0.717, 1.165) is 24.0 Å². The predicted molar refractivity (Wildman–Crippen MR) is 69.2 cm³/mol. The van der Waals surface area contributed by atoms with Crippen LogP contribution in [-0.4, -0.2) is 28.9 Å². The number of thioether (sulfide) groups is 1. The number of aromatic nitrogens is 1. The van der Waals surface area contributed by atoms with Crippen molar-refractivity contribution in [1.29, 1.82) is 0 Å². The Bertz CT molecular complexity index is 461. The highest BCUT2D eigenvalue weighted by Gasteiger charge is 2.32. The lowest BCUT2D eigenvalue weighted by atomic mass is 10.1. The van der Waals surface area contributed by atoms with Crippen molar-refractivity contribution in [2.24, 2.45) is 5.73 Å². The van der Waals surface area contributed by atoms with Crippen LogP contribution in [0.3, 0.4) is 0 Å². The highest BCUT2D eigenvalue weighted by atomic mass is 32.2. The molecule has 1 unspecified atom stereocenters. The topological polar surface area (TPSA) is 65.2 Å². The summed E-state index contributed by atoms with van der Waals surface area (Å²) < 4.78 is 41.9. The summed E-state index contributed by atoms with van der Waals surface area (Å²) >= 11 is 1.10. The third-order valence-electron chi connectivity index (χ3n) is 2.33. The molecule has 20 heavy (non-hydrogen) atoms. The Morgan fingerprint density at radius 3 is 2.55 bits per heavy atom. The van der Waals surface area contributed by atoms with Crippen molar-refractivity contribution in [2.45, 2.75) is 30.6 Å². The van der Waals surface area contributed by atoms with Gasteiger partial charge in [0.1, 0.15) is 5.54 Å². The van der Waals surface area contributed by atoms with Crippen LogP contribution in [0.5, 0.6) is 0 Å². The summed E-state index contributed by atoms with van der Waals surface area (Å²) in [6.45, 7) is 3.38. The zero-order valence-electron chi connectivity index (χ0n) is 11.0. The van der Waals surface area contributed by atoms with Gasteiger partial charge in [-0.15, -0.1) is 11.8 Å². The van der Waals surface area contributed by atoms with Gasteiger partial charge in [-0.25, -0.2) is 4.98 Å². The van der Waals surface area contributed by atoms with Gasteiger partial charge < -0.3 is 10.5 Å². The van der Waals surface area contributed by atoms with Crippen molar-refractivity contribution in [3.8, 4) is 0 Å². The minimum absolute atomic E-state index is 0.157. The van der Waals surface area contributed by atoms with Gasteiger partial charge in [0.05, 0.1) is 17.2 Å². The lowest BCUT2D eigenvalue weighted by Gasteiger charge is -2.21. The molecule has 0 aliphatic rings. The molecule has 0 aliphatic carbocycles. The molecule has 1 heterocycles. The number of ether oxygens (including phenoxy) is 1. The fourth-order valence-electron chi connectivity index (χ4n) is 1.21. The van der Waals surface area contributed by atoms with Gasteiger partial charge in [-0.3, -0.25) is 4.79 Å². The van der Waals surface area contributed by atoms with E-state index in [1.54, 1.807) is 6.92 Å². The van der Waals surface area contributed by atoms with Crippen molar-refractivity contribution in [2.75, 3.05) is 12.4 Å². The van der Waals surface area contributed by atoms with Crippen LogP contribution in [0.25, 0.3) is 0 Å². The summed E-state index contributed by atoms with van der Waals surface area (Å²) in [6, 6.07) is 2.18. The van der Waals surface area contributed by atoms with Crippen LogP contribution in [0.15, 0.2) is 23.4 Å². The van der Waals surface area contributed by atoms with Crippen molar-refractivity contribution in [3.63, 3.8) is 0 Å². The molecule has 0 radical (unpaired) electrons. The molecule has 1 aromatic heterocycles. The maximum absolute atomic E-state index is 12.4. The maximum atomic E-state index is 12.4. The molecule has 0 spiro atoms. The first kappa shape index (κ1) is 16.8. The minimum Gasteiger partial charge on any atom is -0.465 e. The smallest absolute Gasteiger partial charge is 0.417 e. The average molecular weight is 308 g/mol. The van der Waals surface area contributed by atoms with E-state index in [9.17, 15) is 18.0 Å². The molecule has 2 N–H and O–H groups in total. The highest BCUT2D eigenvalue weighted by Crippen LogP contribution is 2.30. The van der Waals surface area contributed by atoms with Gasteiger partial charge in [-0.1, -0.05) is 0 Å². The van der Waals surface area contributed by atoms with E-state index in [2.05, 4.69) is 4.98 Å². The van der Waals surface area contributed by atoms with E-state index in [1.807, 2.05) is 0 Å². The number of carbonyl (C=O) groups is 1. The second-order valence-corrected chi connectivity index (χ2v) is 5.31. The van der Waals surface area contributed by atoms with Gasteiger partial charge in [-0.2, -0.15) is 13.2 Å². The molecule has 1 rings (SSSR count). The summed E-state index contributed by atoms with van der Waals surface area (Å²) in [4.78, 5) is 15.2. The third kappa shape index (κ3) is 4.68. The van der Waals surface area contributed by atoms with Crippen LogP contribution < -0.4 is 5.73 Å². The summed E-state index contributed by atoms with van der Waals surface area (Å²) in [7, 11) is 0. The summed E-state index contributed by atoms with van der Waals surface area (Å²) in [5, 5.41) is 0.360. The molecular weight excluding hydrogens is 293 g/mol. The Morgan fingerprint density at radius 2 is 2.10 bits per heavy atom. The molecule has 0 bridgehead atoms. The van der Waals surface area contributed by atoms with Crippen LogP contribution in [0.4, 0.5) is 13.2 Å². The van der Waals surface area contributed by atoms with Crippen LogP contribution in [0.1, 0.15) is 19.4 Å². The quantitative estimate of drug-likeness (QED) is 0.668. The van der Waals surface area contributed by atoms with Crippen LogP contribution in [-0.2, 0) is 15.7 Å². The SMILES string of the molecule is CCOC(=O)C(C)(N)CSc1ccc(C(F)(F)F)cn1. The molecule has 1 aromatic rings.